The quantitative estimate of drug-likeness (QED) is 0.914. The molecular formula is C18H27N3O3. The summed E-state index contributed by atoms with van der Waals surface area (Å²) in [7, 11) is 1.66. The van der Waals surface area contributed by atoms with Crippen LogP contribution in [-0.2, 0) is 9.53 Å². The lowest BCUT2D eigenvalue weighted by atomic mass is 9.72. The minimum atomic E-state index is 0.117. The Hall–Kier alpha value is -1.82. The molecule has 3 heterocycles. The van der Waals surface area contributed by atoms with Crippen LogP contribution < -0.4 is 0 Å². The first kappa shape index (κ1) is 17.0. The summed E-state index contributed by atoms with van der Waals surface area (Å²) >= 11 is 0. The van der Waals surface area contributed by atoms with Gasteiger partial charge in [-0.05, 0) is 37.7 Å². The standard InChI is InChI=1S/C18H27N3O3/c1-14-15(4-8-19-14)17(23)20-9-6-18(7-10-20)5-3-16(22)21(13-18)11-12-24-2/h4,8,19H,3,5-7,9-13H2,1-2H3. The smallest absolute Gasteiger partial charge is 0.255 e. The maximum Gasteiger partial charge on any atom is 0.255 e. The maximum atomic E-state index is 12.6. The van der Waals surface area contributed by atoms with Crippen molar-refractivity contribution in [2.24, 2.45) is 5.41 Å². The van der Waals surface area contributed by atoms with E-state index in [0.29, 0.717) is 19.6 Å². The molecule has 0 saturated carbocycles. The zero-order chi connectivity index (χ0) is 17.2. The number of hydrogen-bond acceptors (Lipinski definition) is 3. The van der Waals surface area contributed by atoms with Crippen molar-refractivity contribution in [1.29, 1.82) is 0 Å². The van der Waals surface area contributed by atoms with E-state index in [0.717, 1.165) is 50.2 Å². The van der Waals surface area contributed by atoms with Gasteiger partial charge < -0.3 is 19.5 Å². The van der Waals surface area contributed by atoms with Crippen LogP contribution in [0.3, 0.4) is 0 Å². The molecule has 6 nitrogen and oxygen atoms in total. The highest BCUT2D eigenvalue weighted by molar-refractivity contribution is 5.95. The molecule has 1 aromatic rings. The highest BCUT2D eigenvalue weighted by Gasteiger charge is 2.41. The second-order valence-corrected chi connectivity index (χ2v) is 7.12. The van der Waals surface area contributed by atoms with Crippen LogP contribution in [0.1, 0.15) is 41.7 Å². The Morgan fingerprint density at radius 2 is 2.08 bits per heavy atom. The minimum Gasteiger partial charge on any atom is -0.383 e. The highest BCUT2D eigenvalue weighted by atomic mass is 16.5. The zero-order valence-electron chi connectivity index (χ0n) is 14.6. The van der Waals surface area contributed by atoms with Crippen molar-refractivity contribution in [1.82, 2.24) is 14.8 Å². The molecule has 1 aromatic heterocycles. The Balaban J connectivity index is 1.60. The van der Waals surface area contributed by atoms with Gasteiger partial charge in [0, 0.05) is 51.6 Å². The van der Waals surface area contributed by atoms with Crippen LogP contribution in [0, 0.1) is 12.3 Å². The van der Waals surface area contributed by atoms with Gasteiger partial charge in [0.2, 0.25) is 5.91 Å². The van der Waals surface area contributed by atoms with Crippen LogP contribution in [0.4, 0.5) is 0 Å². The molecule has 0 aromatic carbocycles. The topological polar surface area (TPSA) is 65.6 Å². The molecule has 1 spiro atoms. The van der Waals surface area contributed by atoms with Crippen molar-refractivity contribution in [2.75, 3.05) is 39.9 Å². The number of methoxy groups -OCH3 is 1. The fourth-order valence-electron chi connectivity index (χ4n) is 3.95. The van der Waals surface area contributed by atoms with Crippen LogP contribution in [0.15, 0.2) is 12.3 Å². The summed E-state index contributed by atoms with van der Waals surface area (Å²) in [6, 6.07) is 1.85. The van der Waals surface area contributed by atoms with Gasteiger partial charge in [-0.1, -0.05) is 0 Å². The molecule has 1 N–H and O–H groups in total. The Morgan fingerprint density at radius 1 is 1.33 bits per heavy atom. The van der Waals surface area contributed by atoms with Gasteiger partial charge in [0.1, 0.15) is 0 Å². The van der Waals surface area contributed by atoms with E-state index in [-0.39, 0.29) is 17.2 Å². The van der Waals surface area contributed by atoms with Gasteiger partial charge in [0.25, 0.3) is 5.91 Å². The van der Waals surface area contributed by atoms with Crippen LogP contribution in [0.2, 0.25) is 0 Å². The number of piperidine rings is 2. The van der Waals surface area contributed by atoms with E-state index < -0.39 is 0 Å². The average Bonchev–Trinajstić information content (AvgIpc) is 3.02. The summed E-state index contributed by atoms with van der Waals surface area (Å²) in [6.07, 6.45) is 5.32. The van der Waals surface area contributed by atoms with Crippen molar-refractivity contribution in [3.8, 4) is 0 Å². The first-order valence-corrected chi connectivity index (χ1v) is 8.75. The second kappa shape index (κ2) is 6.97. The lowest BCUT2D eigenvalue weighted by Crippen LogP contribution is -2.52. The number of rotatable bonds is 4. The molecule has 0 radical (unpaired) electrons. The minimum absolute atomic E-state index is 0.117. The predicted octanol–water partition coefficient (Wildman–Crippen LogP) is 1.81. The zero-order valence-corrected chi connectivity index (χ0v) is 14.6. The molecule has 2 aliphatic heterocycles. The molecule has 2 aliphatic rings. The number of nitrogens with one attached hydrogen (secondary N) is 1. The van der Waals surface area contributed by atoms with Crippen molar-refractivity contribution in [3.05, 3.63) is 23.5 Å². The lowest BCUT2D eigenvalue weighted by Gasteiger charge is -2.47. The van der Waals surface area contributed by atoms with Gasteiger partial charge >= 0.3 is 0 Å². The molecule has 132 valence electrons. The van der Waals surface area contributed by atoms with E-state index in [1.165, 1.54) is 0 Å². The van der Waals surface area contributed by atoms with E-state index in [9.17, 15) is 9.59 Å². The lowest BCUT2D eigenvalue weighted by molar-refractivity contribution is -0.139. The van der Waals surface area contributed by atoms with E-state index in [1.807, 2.05) is 29.0 Å². The number of aromatic amines is 1. The molecule has 0 bridgehead atoms. The monoisotopic (exact) mass is 333 g/mol. The van der Waals surface area contributed by atoms with Crippen molar-refractivity contribution < 1.29 is 14.3 Å². The van der Waals surface area contributed by atoms with Crippen LogP contribution >= 0.6 is 0 Å². The molecular weight excluding hydrogens is 306 g/mol. The number of ether oxygens (including phenoxy) is 1. The third-order valence-corrected chi connectivity index (χ3v) is 5.61. The summed E-state index contributed by atoms with van der Waals surface area (Å²) in [5.41, 5.74) is 1.87. The number of carbonyl (C=O) groups is 2. The summed E-state index contributed by atoms with van der Waals surface area (Å²) in [4.78, 5) is 31.7. The first-order valence-electron chi connectivity index (χ1n) is 8.75. The summed E-state index contributed by atoms with van der Waals surface area (Å²) in [6.45, 7) is 5.53. The molecule has 2 fully saturated rings. The van der Waals surface area contributed by atoms with Crippen LogP contribution in [-0.4, -0.2) is 66.5 Å². The third-order valence-electron chi connectivity index (χ3n) is 5.61. The van der Waals surface area contributed by atoms with Crippen LogP contribution in [0.5, 0.6) is 0 Å². The van der Waals surface area contributed by atoms with E-state index in [4.69, 9.17) is 4.74 Å². The van der Waals surface area contributed by atoms with Gasteiger partial charge in [-0.2, -0.15) is 0 Å². The SMILES string of the molecule is COCCN1CC2(CCC1=O)CCN(C(=O)c1cc[nH]c1C)CC2. The van der Waals surface area contributed by atoms with E-state index in [2.05, 4.69) is 4.98 Å². The first-order chi connectivity index (χ1) is 11.5. The number of aryl methyl sites for hydroxylation is 1. The summed E-state index contributed by atoms with van der Waals surface area (Å²) in [5, 5.41) is 0. The maximum absolute atomic E-state index is 12.6. The molecule has 3 rings (SSSR count). The van der Waals surface area contributed by atoms with Crippen molar-refractivity contribution in [2.45, 2.75) is 32.6 Å². The average molecular weight is 333 g/mol. The normalized spacial score (nSPS) is 20.7. The highest BCUT2D eigenvalue weighted by Crippen LogP contribution is 2.40. The fourth-order valence-corrected chi connectivity index (χ4v) is 3.95. The molecule has 0 unspecified atom stereocenters. The van der Waals surface area contributed by atoms with Crippen molar-refractivity contribution >= 4 is 11.8 Å². The van der Waals surface area contributed by atoms with Gasteiger partial charge in [0.05, 0.1) is 12.2 Å². The second-order valence-electron chi connectivity index (χ2n) is 7.12. The third kappa shape index (κ3) is 3.34. The fraction of sp³-hybridized carbons (Fsp3) is 0.667. The molecule has 0 atom stereocenters. The number of H-pyrrole nitrogens is 1. The molecule has 6 heteroatoms. The Labute approximate surface area is 143 Å². The molecule has 2 saturated heterocycles. The van der Waals surface area contributed by atoms with Gasteiger partial charge in [0.15, 0.2) is 0 Å². The van der Waals surface area contributed by atoms with Gasteiger partial charge in [-0.15, -0.1) is 0 Å². The predicted molar refractivity (Wildman–Crippen MR) is 90.8 cm³/mol. The van der Waals surface area contributed by atoms with E-state index in [1.54, 1.807) is 7.11 Å². The van der Waals surface area contributed by atoms with Gasteiger partial charge in [-0.25, -0.2) is 0 Å². The van der Waals surface area contributed by atoms with E-state index >= 15 is 0 Å². The number of hydrogen-bond donors (Lipinski definition) is 1. The molecule has 24 heavy (non-hydrogen) atoms. The largest absolute Gasteiger partial charge is 0.383 e. The Morgan fingerprint density at radius 3 is 2.71 bits per heavy atom. The number of carbonyl (C=O) groups excluding carboxylic acids is 2. The Bertz CT molecular complexity index is 602. The Kier molecular flexibility index (Phi) is 4.94. The summed E-state index contributed by atoms with van der Waals surface area (Å²) < 4.78 is 5.12. The van der Waals surface area contributed by atoms with Gasteiger partial charge in [-0.3, -0.25) is 9.59 Å². The summed E-state index contributed by atoms with van der Waals surface area (Å²) in [5.74, 6) is 0.353. The number of nitrogens with zero attached hydrogens (tertiary/aromatic N) is 2. The number of likely N-dealkylation sites (tertiary alicyclic amines) is 2. The van der Waals surface area contributed by atoms with Crippen LogP contribution in [0.25, 0.3) is 0 Å². The molecule has 2 amide bonds. The number of aromatic nitrogens is 1. The van der Waals surface area contributed by atoms with Crippen molar-refractivity contribution in [3.63, 3.8) is 0 Å². The number of amides is 2. The molecule has 0 aliphatic carbocycles.